The molecule has 0 unspecified atom stereocenters. The van der Waals surface area contributed by atoms with E-state index in [0.29, 0.717) is 41.2 Å². The Bertz CT molecular complexity index is 1460. The van der Waals surface area contributed by atoms with Gasteiger partial charge in [-0.05, 0) is 42.3 Å². The van der Waals surface area contributed by atoms with E-state index in [0.717, 1.165) is 11.1 Å². The molecular weight excluding hydrogens is 442 g/mol. The second kappa shape index (κ2) is 9.50. The summed E-state index contributed by atoms with van der Waals surface area (Å²) in [7, 11) is 0. The van der Waals surface area contributed by atoms with Crippen molar-refractivity contribution in [1.82, 2.24) is 4.90 Å². The first-order valence-electron chi connectivity index (χ1n) is 11.5. The highest BCUT2D eigenvalue weighted by molar-refractivity contribution is 5.99. The van der Waals surface area contributed by atoms with Crippen molar-refractivity contribution in [2.75, 3.05) is 13.2 Å². The lowest BCUT2D eigenvalue weighted by atomic mass is 9.98. The third kappa shape index (κ3) is 4.08. The number of benzene rings is 3. The van der Waals surface area contributed by atoms with Crippen LogP contribution in [0.25, 0.3) is 11.0 Å². The van der Waals surface area contributed by atoms with Crippen LogP contribution in [-0.4, -0.2) is 24.0 Å². The van der Waals surface area contributed by atoms with Gasteiger partial charge >= 0.3 is 0 Å². The van der Waals surface area contributed by atoms with Crippen LogP contribution in [0.2, 0.25) is 0 Å². The standard InChI is InChI=1S/C29H25NO5/c1-3-16-30-26(25-27(31)21-12-8-9-13-22(21)35-28(25)29(30)32)20-14-15-23(24(17-20)33-4-2)34-18-19-10-6-5-7-11-19/h3,5-15,17,26H,1,4,16,18H2,2H3/t26-/m1/s1. The van der Waals surface area contributed by atoms with E-state index in [1.54, 1.807) is 35.2 Å². The van der Waals surface area contributed by atoms with Gasteiger partial charge in [0.2, 0.25) is 5.76 Å². The van der Waals surface area contributed by atoms with Crippen LogP contribution in [0, 0.1) is 0 Å². The molecule has 1 aliphatic rings. The zero-order valence-corrected chi connectivity index (χ0v) is 19.4. The van der Waals surface area contributed by atoms with E-state index in [9.17, 15) is 9.59 Å². The predicted octanol–water partition coefficient (Wildman–Crippen LogP) is 5.50. The summed E-state index contributed by atoms with van der Waals surface area (Å²) in [5.74, 6) is 0.869. The average molecular weight is 468 g/mol. The van der Waals surface area contributed by atoms with Crippen LogP contribution in [0.3, 0.4) is 0 Å². The molecule has 1 aromatic heterocycles. The maximum Gasteiger partial charge on any atom is 0.291 e. The number of nitrogens with zero attached hydrogens (tertiary/aromatic N) is 1. The molecule has 6 nitrogen and oxygen atoms in total. The third-order valence-corrected chi connectivity index (χ3v) is 6.02. The molecule has 1 amide bonds. The van der Waals surface area contributed by atoms with Crippen molar-refractivity contribution in [3.63, 3.8) is 0 Å². The average Bonchev–Trinajstić information content (AvgIpc) is 3.16. The van der Waals surface area contributed by atoms with Crippen LogP contribution < -0.4 is 14.9 Å². The summed E-state index contributed by atoms with van der Waals surface area (Å²) in [4.78, 5) is 28.4. The van der Waals surface area contributed by atoms with E-state index < -0.39 is 6.04 Å². The molecule has 0 aliphatic carbocycles. The summed E-state index contributed by atoms with van der Waals surface area (Å²) >= 11 is 0. The summed E-state index contributed by atoms with van der Waals surface area (Å²) in [6.45, 7) is 6.78. The molecule has 0 bridgehead atoms. The van der Waals surface area contributed by atoms with Crippen molar-refractivity contribution in [2.45, 2.75) is 19.6 Å². The number of hydrogen-bond acceptors (Lipinski definition) is 5. The number of fused-ring (bicyclic) bond motifs is 2. The van der Waals surface area contributed by atoms with Crippen molar-refractivity contribution in [1.29, 1.82) is 0 Å². The van der Waals surface area contributed by atoms with Crippen LogP contribution in [0.1, 0.15) is 40.2 Å². The summed E-state index contributed by atoms with van der Waals surface area (Å²) in [6.07, 6.45) is 1.64. The zero-order valence-electron chi connectivity index (χ0n) is 19.4. The van der Waals surface area contributed by atoms with Crippen LogP contribution in [0.4, 0.5) is 0 Å². The van der Waals surface area contributed by atoms with E-state index >= 15 is 0 Å². The number of para-hydroxylation sites is 1. The lowest BCUT2D eigenvalue weighted by molar-refractivity contribution is 0.0748. The Morgan fingerprint density at radius 3 is 2.51 bits per heavy atom. The quantitative estimate of drug-likeness (QED) is 0.320. The van der Waals surface area contributed by atoms with Gasteiger partial charge in [0.1, 0.15) is 12.2 Å². The highest BCUT2D eigenvalue weighted by Crippen LogP contribution is 2.41. The SMILES string of the molecule is C=CCN1C(=O)c2oc3ccccc3c(=O)c2[C@H]1c1ccc(OCc2ccccc2)c(OCC)c1. The molecule has 0 fully saturated rings. The Labute approximate surface area is 203 Å². The van der Waals surface area contributed by atoms with Gasteiger partial charge in [-0.25, -0.2) is 0 Å². The fourth-order valence-electron chi connectivity index (χ4n) is 4.46. The molecule has 4 aromatic rings. The van der Waals surface area contributed by atoms with Crippen molar-refractivity contribution >= 4 is 16.9 Å². The zero-order chi connectivity index (χ0) is 24.4. The second-order valence-electron chi connectivity index (χ2n) is 8.23. The Kier molecular flexibility index (Phi) is 6.10. The van der Waals surface area contributed by atoms with Crippen LogP contribution in [-0.2, 0) is 6.61 Å². The summed E-state index contributed by atoms with van der Waals surface area (Å²) in [6, 6.07) is 21.7. The molecule has 0 N–H and O–H groups in total. The molecule has 2 heterocycles. The normalized spacial score (nSPS) is 14.7. The number of rotatable bonds is 8. The van der Waals surface area contributed by atoms with Gasteiger partial charge in [-0.15, -0.1) is 6.58 Å². The highest BCUT2D eigenvalue weighted by atomic mass is 16.5. The van der Waals surface area contributed by atoms with Gasteiger partial charge in [0.15, 0.2) is 16.9 Å². The number of carbonyl (C=O) groups excluding carboxylic acids is 1. The van der Waals surface area contributed by atoms with Gasteiger partial charge in [0.05, 0.1) is 23.6 Å². The Balaban J connectivity index is 1.59. The monoisotopic (exact) mass is 467 g/mol. The van der Waals surface area contributed by atoms with E-state index in [1.165, 1.54) is 0 Å². The highest BCUT2D eigenvalue weighted by Gasteiger charge is 2.42. The molecular formula is C29H25NO5. The first kappa shape index (κ1) is 22.5. The largest absolute Gasteiger partial charge is 0.490 e. The van der Waals surface area contributed by atoms with Crippen LogP contribution in [0.5, 0.6) is 11.5 Å². The van der Waals surface area contributed by atoms with Gasteiger partial charge in [-0.3, -0.25) is 9.59 Å². The first-order chi connectivity index (χ1) is 17.1. The topological polar surface area (TPSA) is 69.0 Å². The van der Waals surface area contributed by atoms with Crippen molar-refractivity contribution in [3.8, 4) is 11.5 Å². The molecule has 35 heavy (non-hydrogen) atoms. The lowest BCUT2D eigenvalue weighted by Gasteiger charge is -2.24. The molecule has 0 radical (unpaired) electrons. The molecule has 0 saturated heterocycles. The van der Waals surface area contributed by atoms with Crippen LogP contribution >= 0.6 is 0 Å². The molecule has 0 spiro atoms. The molecule has 176 valence electrons. The summed E-state index contributed by atoms with van der Waals surface area (Å²) < 4.78 is 17.9. The molecule has 0 saturated carbocycles. The van der Waals surface area contributed by atoms with Gasteiger partial charge in [-0.1, -0.05) is 54.6 Å². The predicted molar refractivity (Wildman–Crippen MR) is 134 cm³/mol. The minimum absolute atomic E-state index is 0.0721. The lowest BCUT2D eigenvalue weighted by Crippen LogP contribution is -2.29. The Morgan fingerprint density at radius 2 is 1.74 bits per heavy atom. The second-order valence-corrected chi connectivity index (χ2v) is 8.23. The van der Waals surface area contributed by atoms with Crippen molar-refractivity contribution in [3.05, 3.63) is 118 Å². The van der Waals surface area contributed by atoms with Crippen molar-refractivity contribution < 1.29 is 18.7 Å². The van der Waals surface area contributed by atoms with E-state index in [-0.39, 0.29) is 23.6 Å². The maximum atomic E-state index is 13.5. The fourth-order valence-corrected chi connectivity index (χ4v) is 4.46. The van der Waals surface area contributed by atoms with Crippen LogP contribution in [0.15, 0.2) is 94.7 Å². The van der Waals surface area contributed by atoms with E-state index in [1.807, 2.05) is 55.5 Å². The Hall–Kier alpha value is -4.32. The molecule has 1 atom stereocenters. The number of ether oxygens (including phenoxy) is 2. The smallest absolute Gasteiger partial charge is 0.291 e. The van der Waals surface area contributed by atoms with Gasteiger partial charge in [0, 0.05) is 6.54 Å². The maximum absolute atomic E-state index is 13.5. The fraction of sp³-hybridized carbons (Fsp3) is 0.172. The number of hydrogen-bond donors (Lipinski definition) is 0. The minimum atomic E-state index is -0.626. The molecule has 1 aliphatic heterocycles. The molecule has 3 aromatic carbocycles. The van der Waals surface area contributed by atoms with Crippen molar-refractivity contribution in [2.24, 2.45) is 0 Å². The summed E-state index contributed by atoms with van der Waals surface area (Å²) in [5.41, 5.74) is 2.28. The summed E-state index contributed by atoms with van der Waals surface area (Å²) in [5, 5.41) is 0.442. The first-order valence-corrected chi connectivity index (χ1v) is 11.5. The van der Waals surface area contributed by atoms with Gasteiger partial charge < -0.3 is 18.8 Å². The Morgan fingerprint density at radius 1 is 0.971 bits per heavy atom. The number of amides is 1. The van der Waals surface area contributed by atoms with Gasteiger partial charge in [0.25, 0.3) is 5.91 Å². The van der Waals surface area contributed by atoms with Gasteiger partial charge in [-0.2, -0.15) is 0 Å². The third-order valence-electron chi connectivity index (χ3n) is 6.02. The van der Waals surface area contributed by atoms with E-state index in [4.69, 9.17) is 13.9 Å². The van der Waals surface area contributed by atoms with E-state index in [2.05, 4.69) is 6.58 Å². The molecule has 6 heteroatoms. The molecule has 5 rings (SSSR count). The number of carbonyl (C=O) groups is 1. The minimum Gasteiger partial charge on any atom is -0.490 e.